The molecule has 0 aliphatic heterocycles. The molecule has 3 aromatic rings. The molecule has 0 fully saturated rings. The van der Waals surface area contributed by atoms with Gasteiger partial charge in [0.05, 0.1) is 26.4 Å². The molecule has 0 amide bonds. The average Bonchev–Trinajstić information content (AvgIpc) is 2.78. The van der Waals surface area contributed by atoms with Gasteiger partial charge in [0.1, 0.15) is 0 Å². The van der Waals surface area contributed by atoms with Gasteiger partial charge in [0.2, 0.25) is 0 Å². The minimum atomic E-state index is -0.767. The van der Waals surface area contributed by atoms with Crippen molar-refractivity contribution in [3.8, 4) is 0 Å². The number of hydrogen-bond donors (Lipinski definition) is 0. The van der Waals surface area contributed by atoms with E-state index in [9.17, 15) is 29.8 Å². The molecule has 3 rings (SSSR count). The van der Waals surface area contributed by atoms with Gasteiger partial charge >= 0.3 is 5.97 Å². The number of nitrogens with zero attached hydrogens (tertiary/aromatic N) is 2. The smallest absolute Gasteiger partial charge is 0.339 e. The summed E-state index contributed by atoms with van der Waals surface area (Å²) in [6, 6.07) is 17.9. The number of ketones is 1. The number of carbonyl (C=O) groups excluding carboxylic acids is 2. The van der Waals surface area contributed by atoms with E-state index in [4.69, 9.17) is 4.74 Å². The Morgan fingerprint density at radius 3 is 2.19 bits per heavy atom. The van der Waals surface area contributed by atoms with Gasteiger partial charge in [0, 0.05) is 16.5 Å². The zero-order valence-corrected chi connectivity index (χ0v) is 16.6. The predicted octanol–water partition coefficient (Wildman–Crippen LogP) is 4.69. The van der Waals surface area contributed by atoms with Crippen LogP contribution in [0.5, 0.6) is 0 Å². The van der Waals surface area contributed by atoms with E-state index in [0.717, 1.165) is 23.9 Å². The maximum Gasteiger partial charge on any atom is 0.339 e. The van der Waals surface area contributed by atoms with Crippen molar-refractivity contribution in [2.75, 3.05) is 6.61 Å². The molecule has 31 heavy (non-hydrogen) atoms. The standard InChI is InChI=1S/C21H14N2O7S/c24-18(14-6-2-1-3-7-14)13-30-21(25)16-8-4-5-9-19(16)31-20-11-10-15(22(26)27)12-17(20)23(28)29/h1-12H,13H2. The van der Waals surface area contributed by atoms with E-state index < -0.39 is 33.8 Å². The number of non-ortho nitro benzene ring substituents is 1. The summed E-state index contributed by atoms with van der Waals surface area (Å²) in [5.41, 5.74) is -0.356. The number of Topliss-reactive ketones (excluding diaryl/α,β-unsaturated/α-hetero) is 1. The van der Waals surface area contributed by atoms with Gasteiger partial charge in [0.25, 0.3) is 11.4 Å². The molecule has 0 radical (unpaired) electrons. The second-order valence-electron chi connectivity index (χ2n) is 6.13. The fraction of sp³-hybridized carbons (Fsp3) is 0.0476. The lowest BCUT2D eigenvalue weighted by Gasteiger charge is -2.09. The SMILES string of the molecule is O=C(COC(=O)c1ccccc1Sc1ccc([N+](=O)[O-])cc1[N+](=O)[O-])c1ccccc1. The van der Waals surface area contributed by atoms with E-state index >= 15 is 0 Å². The van der Waals surface area contributed by atoms with Crippen LogP contribution in [0.1, 0.15) is 20.7 Å². The predicted molar refractivity (Wildman–Crippen MR) is 111 cm³/mol. The molecule has 0 saturated heterocycles. The highest BCUT2D eigenvalue weighted by Gasteiger charge is 2.22. The second-order valence-corrected chi connectivity index (χ2v) is 7.21. The van der Waals surface area contributed by atoms with Crippen molar-refractivity contribution in [1.29, 1.82) is 0 Å². The molecule has 156 valence electrons. The van der Waals surface area contributed by atoms with Gasteiger partial charge in [-0.05, 0) is 18.2 Å². The monoisotopic (exact) mass is 438 g/mol. The number of nitro groups is 2. The number of hydrogen-bond acceptors (Lipinski definition) is 8. The van der Waals surface area contributed by atoms with E-state index in [-0.39, 0.29) is 16.2 Å². The highest BCUT2D eigenvalue weighted by atomic mass is 32.2. The summed E-state index contributed by atoms with van der Waals surface area (Å²) in [5.74, 6) is -1.14. The summed E-state index contributed by atoms with van der Waals surface area (Å²) in [5, 5.41) is 22.3. The Kier molecular flexibility index (Phi) is 6.73. The molecule has 0 spiro atoms. The van der Waals surface area contributed by atoms with Crippen molar-refractivity contribution < 1.29 is 24.2 Å². The zero-order chi connectivity index (χ0) is 22.4. The molecule has 0 aromatic heterocycles. The molecule has 0 aliphatic carbocycles. The number of nitro benzene ring substituents is 2. The van der Waals surface area contributed by atoms with E-state index in [1.165, 1.54) is 12.1 Å². The zero-order valence-electron chi connectivity index (χ0n) is 15.8. The lowest BCUT2D eigenvalue weighted by molar-refractivity contribution is -0.396. The van der Waals surface area contributed by atoms with Crippen molar-refractivity contribution >= 4 is 34.9 Å². The van der Waals surface area contributed by atoms with Crippen LogP contribution in [0.3, 0.4) is 0 Å². The quantitative estimate of drug-likeness (QED) is 0.214. The first kappa shape index (κ1) is 21.7. The van der Waals surface area contributed by atoms with Gasteiger partial charge in [-0.1, -0.05) is 54.2 Å². The lowest BCUT2D eigenvalue weighted by Crippen LogP contribution is -2.14. The Morgan fingerprint density at radius 2 is 1.52 bits per heavy atom. The first-order valence-corrected chi connectivity index (χ1v) is 9.63. The maximum atomic E-state index is 12.5. The molecule has 0 aliphatic rings. The van der Waals surface area contributed by atoms with Crippen LogP contribution in [0, 0.1) is 20.2 Å². The van der Waals surface area contributed by atoms with Gasteiger partial charge in [0.15, 0.2) is 12.4 Å². The number of esters is 1. The summed E-state index contributed by atoms with van der Waals surface area (Å²) < 4.78 is 5.13. The van der Waals surface area contributed by atoms with Crippen LogP contribution >= 0.6 is 11.8 Å². The van der Waals surface area contributed by atoms with E-state index in [1.54, 1.807) is 48.5 Å². The van der Waals surface area contributed by atoms with Crippen LogP contribution in [0.15, 0.2) is 82.6 Å². The van der Waals surface area contributed by atoms with Crippen LogP contribution in [0.25, 0.3) is 0 Å². The van der Waals surface area contributed by atoms with E-state index in [0.29, 0.717) is 10.5 Å². The normalized spacial score (nSPS) is 10.3. The average molecular weight is 438 g/mol. The highest BCUT2D eigenvalue weighted by molar-refractivity contribution is 7.99. The van der Waals surface area contributed by atoms with Crippen molar-refractivity contribution in [2.24, 2.45) is 0 Å². The molecular weight excluding hydrogens is 424 g/mol. The Balaban J connectivity index is 1.81. The summed E-state index contributed by atoms with van der Waals surface area (Å²) in [6.45, 7) is -0.459. The third-order valence-corrected chi connectivity index (χ3v) is 5.25. The molecule has 3 aromatic carbocycles. The van der Waals surface area contributed by atoms with Crippen LogP contribution in [0.4, 0.5) is 11.4 Å². The molecule has 0 bridgehead atoms. The fourth-order valence-electron chi connectivity index (χ4n) is 2.61. The minimum Gasteiger partial charge on any atom is -0.454 e. The third kappa shape index (κ3) is 5.31. The molecule has 10 heteroatoms. The van der Waals surface area contributed by atoms with Gasteiger partial charge in [-0.2, -0.15) is 0 Å². The van der Waals surface area contributed by atoms with Crippen molar-refractivity contribution in [1.82, 2.24) is 0 Å². The number of rotatable bonds is 8. The van der Waals surface area contributed by atoms with Crippen LogP contribution in [-0.2, 0) is 4.74 Å². The maximum absolute atomic E-state index is 12.5. The summed E-state index contributed by atoms with van der Waals surface area (Å²) in [4.78, 5) is 46.0. The largest absolute Gasteiger partial charge is 0.454 e. The Bertz CT molecular complexity index is 1170. The fourth-order valence-corrected chi connectivity index (χ4v) is 3.63. The topological polar surface area (TPSA) is 130 Å². The van der Waals surface area contributed by atoms with Crippen LogP contribution < -0.4 is 0 Å². The number of benzene rings is 3. The molecule has 0 heterocycles. The number of ether oxygens (including phenoxy) is 1. The Morgan fingerprint density at radius 1 is 0.839 bits per heavy atom. The van der Waals surface area contributed by atoms with Gasteiger partial charge in [-0.3, -0.25) is 25.0 Å². The Hall–Kier alpha value is -4.05. The van der Waals surface area contributed by atoms with Crippen LogP contribution in [0.2, 0.25) is 0 Å². The molecule has 0 saturated carbocycles. The summed E-state index contributed by atoms with van der Waals surface area (Å²) in [6.07, 6.45) is 0. The first-order valence-electron chi connectivity index (χ1n) is 8.82. The van der Waals surface area contributed by atoms with Gasteiger partial charge in [-0.15, -0.1) is 0 Å². The first-order chi connectivity index (χ1) is 14.9. The third-order valence-electron chi connectivity index (χ3n) is 4.11. The molecule has 0 N–H and O–H groups in total. The minimum absolute atomic E-state index is 0.112. The number of carbonyl (C=O) groups is 2. The molecular formula is C21H14N2O7S. The van der Waals surface area contributed by atoms with Gasteiger partial charge < -0.3 is 4.74 Å². The highest BCUT2D eigenvalue weighted by Crippen LogP contribution is 2.38. The van der Waals surface area contributed by atoms with Crippen molar-refractivity contribution in [3.63, 3.8) is 0 Å². The van der Waals surface area contributed by atoms with E-state index in [1.807, 2.05) is 0 Å². The second kappa shape index (κ2) is 9.63. The molecule has 0 atom stereocenters. The summed E-state index contributed by atoms with van der Waals surface area (Å²) in [7, 11) is 0. The molecule has 9 nitrogen and oxygen atoms in total. The summed E-state index contributed by atoms with van der Waals surface area (Å²) >= 11 is 0.899. The van der Waals surface area contributed by atoms with Gasteiger partial charge in [-0.25, -0.2) is 4.79 Å². The van der Waals surface area contributed by atoms with E-state index in [2.05, 4.69) is 0 Å². The van der Waals surface area contributed by atoms with Crippen LogP contribution in [-0.4, -0.2) is 28.2 Å². The lowest BCUT2D eigenvalue weighted by atomic mass is 10.1. The molecule has 0 unspecified atom stereocenters. The van der Waals surface area contributed by atoms with Crippen molar-refractivity contribution in [2.45, 2.75) is 9.79 Å². The Labute approximate surface area is 180 Å². The van der Waals surface area contributed by atoms with Crippen molar-refractivity contribution in [3.05, 3.63) is 104 Å².